The van der Waals surface area contributed by atoms with Gasteiger partial charge in [0.05, 0.1) is 12.3 Å². The number of hydrogen-bond donors (Lipinski definition) is 1. The van der Waals surface area contributed by atoms with E-state index < -0.39 is 0 Å². The highest BCUT2D eigenvalue weighted by atomic mass is 79.9. The molecule has 0 aliphatic carbocycles. The number of halogens is 1. The smallest absolute Gasteiger partial charge is 0.219 e. The highest BCUT2D eigenvalue weighted by Crippen LogP contribution is 2.28. The Morgan fingerprint density at radius 3 is 2.74 bits per heavy atom. The molecule has 1 saturated heterocycles. The monoisotopic (exact) mass is 326 g/mol. The lowest BCUT2D eigenvalue weighted by molar-refractivity contribution is -0.128. The van der Waals surface area contributed by atoms with E-state index in [-0.39, 0.29) is 12.5 Å². The van der Waals surface area contributed by atoms with Gasteiger partial charge in [-0.05, 0) is 40.0 Å². The number of carbonyl (C=O) groups excluding carboxylic acids is 1. The lowest BCUT2D eigenvalue weighted by Gasteiger charge is -2.24. The Labute approximate surface area is 122 Å². The Morgan fingerprint density at radius 2 is 2.11 bits per heavy atom. The molecule has 0 radical (unpaired) electrons. The Hall–Kier alpha value is -1.07. The number of hydrogen-bond acceptors (Lipinski definition) is 3. The average molecular weight is 327 g/mol. The van der Waals surface area contributed by atoms with Crippen molar-refractivity contribution in [3.8, 4) is 0 Å². The second-order valence-corrected chi connectivity index (χ2v) is 5.64. The van der Waals surface area contributed by atoms with Gasteiger partial charge in [0.25, 0.3) is 0 Å². The van der Waals surface area contributed by atoms with Crippen LogP contribution in [0.3, 0.4) is 0 Å². The first-order valence-electron chi connectivity index (χ1n) is 6.51. The summed E-state index contributed by atoms with van der Waals surface area (Å²) < 4.78 is 0.996. The van der Waals surface area contributed by atoms with Crippen molar-refractivity contribution in [1.82, 2.24) is 4.90 Å². The minimum Gasteiger partial charge on any atom is -0.392 e. The predicted molar refractivity (Wildman–Crippen MR) is 79.1 cm³/mol. The van der Waals surface area contributed by atoms with E-state index in [4.69, 9.17) is 5.11 Å². The summed E-state index contributed by atoms with van der Waals surface area (Å²) in [7, 11) is 0. The Bertz CT molecular complexity index is 465. The molecule has 1 N–H and O–H groups in total. The fourth-order valence-electron chi connectivity index (χ4n) is 2.38. The molecule has 1 aromatic carbocycles. The molecule has 4 nitrogen and oxygen atoms in total. The van der Waals surface area contributed by atoms with Gasteiger partial charge in [0.1, 0.15) is 0 Å². The summed E-state index contributed by atoms with van der Waals surface area (Å²) in [6.45, 7) is 5.07. The molecule has 0 spiro atoms. The van der Waals surface area contributed by atoms with Gasteiger partial charge >= 0.3 is 0 Å². The van der Waals surface area contributed by atoms with E-state index in [9.17, 15) is 4.79 Å². The number of rotatable bonds is 2. The molecule has 2 rings (SSSR count). The lowest BCUT2D eigenvalue weighted by Crippen LogP contribution is -2.33. The molecular weight excluding hydrogens is 308 g/mol. The molecule has 0 saturated carbocycles. The number of aliphatic hydroxyl groups is 1. The Kier molecular flexibility index (Phi) is 4.82. The zero-order valence-corrected chi connectivity index (χ0v) is 12.7. The van der Waals surface area contributed by atoms with E-state index in [0.29, 0.717) is 0 Å². The van der Waals surface area contributed by atoms with Crippen molar-refractivity contribution in [2.75, 3.05) is 31.1 Å². The van der Waals surface area contributed by atoms with E-state index in [1.54, 1.807) is 6.92 Å². The summed E-state index contributed by atoms with van der Waals surface area (Å²) in [6, 6.07) is 5.91. The number of anilines is 1. The maximum absolute atomic E-state index is 11.4. The highest BCUT2D eigenvalue weighted by Gasteiger charge is 2.18. The summed E-state index contributed by atoms with van der Waals surface area (Å²) >= 11 is 3.56. The van der Waals surface area contributed by atoms with E-state index in [1.165, 1.54) is 0 Å². The summed E-state index contributed by atoms with van der Waals surface area (Å²) in [6.07, 6.45) is 0.980. The molecule has 5 heteroatoms. The number of benzene rings is 1. The Morgan fingerprint density at radius 1 is 1.32 bits per heavy atom. The molecule has 0 unspecified atom stereocenters. The van der Waals surface area contributed by atoms with Gasteiger partial charge in [0.15, 0.2) is 0 Å². The van der Waals surface area contributed by atoms with Gasteiger partial charge in [0.2, 0.25) is 5.91 Å². The first-order chi connectivity index (χ1) is 9.11. The molecule has 1 aliphatic rings. The molecule has 1 fully saturated rings. The second kappa shape index (κ2) is 6.39. The average Bonchev–Trinajstić information content (AvgIpc) is 2.64. The zero-order chi connectivity index (χ0) is 13.8. The number of amides is 1. The summed E-state index contributed by atoms with van der Waals surface area (Å²) in [5.41, 5.74) is 2.03. The maximum atomic E-state index is 11.4. The molecule has 1 amide bonds. The third kappa shape index (κ3) is 3.48. The normalized spacial score (nSPS) is 16.4. The largest absolute Gasteiger partial charge is 0.392 e. The SMILES string of the molecule is CC(=O)N1CCCN(c2ccc(CO)cc2Br)CC1. The van der Waals surface area contributed by atoms with Crippen molar-refractivity contribution in [2.24, 2.45) is 0 Å². The van der Waals surface area contributed by atoms with Crippen molar-refractivity contribution < 1.29 is 9.90 Å². The van der Waals surface area contributed by atoms with Gasteiger partial charge in [0, 0.05) is 37.6 Å². The van der Waals surface area contributed by atoms with Crippen molar-refractivity contribution in [3.63, 3.8) is 0 Å². The number of carbonyl (C=O) groups is 1. The van der Waals surface area contributed by atoms with Crippen LogP contribution < -0.4 is 4.90 Å². The van der Waals surface area contributed by atoms with E-state index in [0.717, 1.165) is 48.3 Å². The van der Waals surface area contributed by atoms with Crippen LogP contribution in [0.1, 0.15) is 18.9 Å². The zero-order valence-electron chi connectivity index (χ0n) is 11.1. The highest BCUT2D eigenvalue weighted by molar-refractivity contribution is 9.10. The molecule has 19 heavy (non-hydrogen) atoms. The molecule has 104 valence electrons. The van der Waals surface area contributed by atoms with Crippen molar-refractivity contribution in [1.29, 1.82) is 0 Å². The van der Waals surface area contributed by atoms with Crippen LogP contribution in [-0.4, -0.2) is 42.1 Å². The first kappa shape index (κ1) is 14.3. The molecule has 1 aromatic rings. The van der Waals surface area contributed by atoms with Gasteiger partial charge in [-0.3, -0.25) is 4.79 Å². The second-order valence-electron chi connectivity index (χ2n) is 4.79. The van der Waals surface area contributed by atoms with Crippen molar-refractivity contribution in [3.05, 3.63) is 28.2 Å². The maximum Gasteiger partial charge on any atom is 0.219 e. The standard InChI is InChI=1S/C14H19BrN2O2/c1-11(19)16-5-2-6-17(8-7-16)14-4-3-12(10-18)9-13(14)15/h3-4,9,18H,2,5-8,10H2,1H3. The van der Waals surface area contributed by atoms with Crippen LogP contribution >= 0.6 is 15.9 Å². The predicted octanol–water partition coefficient (Wildman–Crippen LogP) is 2.00. The van der Waals surface area contributed by atoms with Crippen LogP contribution in [0.2, 0.25) is 0 Å². The lowest BCUT2D eigenvalue weighted by atomic mass is 10.2. The van der Waals surface area contributed by atoms with Crippen LogP contribution in [0.15, 0.2) is 22.7 Å². The molecule has 0 aromatic heterocycles. The minimum absolute atomic E-state index is 0.0526. The fourth-order valence-corrected chi connectivity index (χ4v) is 3.06. The molecule has 0 atom stereocenters. The third-order valence-corrected chi connectivity index (χ3v) is 4.11. The fraction of sp³-hybridized carbons (Fsp3) is 0.500. The van der Waals surface area contributed by atoms with Gasteiger partial charge in [-0.2, -0.15) is 0 Å². The van der Waals surface area contributed by atoms with Gasteiger partial charge in [-0.1, -0.05) is 6.07 Å². The molecular formula is C14H19BrN2O2. The first-order valence-corrected chi connectivity index (χ1v) is 7.31. The van der Waals surface area contributed by atoms with Crippen molar-refractivity contribution in [2.45, 2.75) is 20.0 Å². The van der Waals surface area contributed by atoms with Crippen LogP contribution in [0.4, 0.5) is 5.69 Å². The van der Waals surface area contributed by atoms with Crippen LogP contribution in [0.5, 0.6) is 0 Å². The topological polar surface area (TPSA) is 43.8 Å². The summed E-state index contributed by atoms with van der Waals surface area (Å²) in [5, 5.41) is 9.13. The molecule has 0 bridgehead atoms. The van der Waals surface area contributed by atoms with Crippen LogP contribution in [0, 0.1) is 0 Å². The van der Waals surface area contributed by atoms with E-state index >= 15 is 0 Å². The van der Waals surface area contributed by atoms with Crippen LogP contribution in [-0.2, 0) is 11.4 Å². The van der Waals surface area contributed by atoms with Gasteiger partial charge in [-0.15, -0.1) is 0 Å². The van der Waals surface area contributed by atoms with Gasteiger partial charge < -0.3 is 14.9 Å². The molecule has 1 heterocycles. The van der Waals surface area contributed by atoms with E-state index in [1.807, 2.05) is 23.1 Å². The Balaban J connectivity index is 2.12. The third-order valence-electron chi connectivity index (χ3n) is 3.48. The summed E-state index contributed by atoms with van der Waals surface area (Å²) in [5.74, 6) is 0.150. The number of aliphatic hydroxyl groups excluding tert-OH is 1. The van der Waals surface area contributed by atoms with Crippen molar-refractivity contribution >= 4 is 27.5 Å². The minimum atomic E-state index is 0.0526. The summed E-state index contributed by atoms with van der Waals surface area (Å²) in [4.78, 5) is 15.6. The quantitative estimate of drug-likeness (QED) is 0.904. The van der Waals surface area contributed by atoms with E-state index in [2.05, 4.69) is 20.8 Å². The van der Waals surface area contributed by atoms with Gasteiger partial charge in [-0.25, -0.2) is 0 Å². The number of nitrogens with zero attached hydrogens (tertiary/aromatic N) is 2. The van der Waals surface area contributed by atoms with Crippen LogP contribution in [0.25, 0.3) is 0 Å². The molecule has 1 aliphatic heterocycles.